The molecule has 2 aromatic carbocycles. The Bertz CT molecular complexity index is 1180. The molecular formula is C22H21N5O2S. The Morgan fingerprint density at radius 1 is 1.10 bits per heavy atom. The fourth-order valence-electron chi connectivity index (χ4n) is 3.61. The summed E-state index contributed by atoms with van der Waals surface area (Å²) in [6, 6.07) is 13.8. The van der Waals surface area contributed by atoms with E-state index in [0.717, 1.165) is 34.4 Å². The second kappa shape index (κ2) is 7.97. The highest BCUT2D eigenvalue weighted by molar-refractivity contribution is 7.16. The predicted molar refractivity (Wildman–Crippen MR) is 115 cm³/mol. The zero-order chi connectivity index (χ0) is 20.5. The number of aryl methyl sites for hydroxylation is 1. The normalized spacial score (nSPS) is 15.0. The second-order valence-corrected chi connectivity index (χ2v) is 8.37. The first-order valence-electron chi connectivity index (χ1n) is 9.90. The fourth-order valence-corrected chi connectivity index (χ4v) is 4.33. The molecule has 0 N–H and O–H groups in total. The molecular weight excluding hydrogens is 398 g/mol. The third kappa shape index (κ3) is 3.83. The van der Waals surface area contributed by atoms with Crippen LogP contribution < -0.4 is 0 Å². The number of carbonyl (C=O) groups excluding carboxylic acids is 1. The van der Waals surface area contributed by atoms with Gasteiger partial charge in [0.05, 0.1) is 22.3 Å². The number of aromatic nitrogens is 3. The molecule has 1 aliphatic rings. The number of piperazine rings is 1. The number of nitrogens with zero attached hydrogens (tertiary/aromatic N) is 5. The molecule has 0 aliphatic carbocycles. The Morgan fingerprint density at radius 3 is 2.70 bits per heavy atom. The molecule has 0 spiro atoms. The van der Waals surface area contributed by atoms with Gasteiger partial charge in [-0.3, -0.25) is 9.69 Å². The van der Waals surface area contributed by atoms with Crippen LogP contribution in [0.25, 0.3) is 21.6 Å². The van der Waals surface area contributed by atoms with E-state index in [4.69, 9.17) is 4.52 Å². The number of carbonyl (C=O) groups is 1. The van der Waals surface area contributed by atoms with Crippen molar-refractivity contribution in [2.45, 2.75) is 13.5 Å². The predicted octanol–water partition coefficient (Wildman–Crippen LogP) is 3.61. The number of fused-ring (bicyclic) bond motifs is 1. The van der Waals surface area contributed by atoms with E-state index < -0.39 is 0 Å². The highest BCUT2D eigenvalue weighted by Gasteiger charge is 2.24. The molecule has 1 fully saturated rings. The summed E-state index contributed by atoms with van der Waals surface area (Å²) in [7, 11) is 0. The lowest BCUT2D eigenvalue weighted by Crippen LogP contribution is -2.48. The molecule has 1 saturated heterocycles. The molecule has 2 aromatic heterocycles. The van der Waals surface area contributed by atoms with E-state index in [0.29, 0.717) is 31.3 Å². The summed E-state index contributed by atoms with van der Waals surface area (Å²) in [6.45, 7) is 5.55. The lowest BCUT2D eigenvalue weighted by Gasteiger charge is -2.34. The number of hydrogen-bond donors (Lipinski definition) is 0. The number of benzene rings is 2. The van der Waals surface area contributed by atoms with Crippen LogP contribution in [0.5, 0.6) is 0 Å². The molecule has 5 rings (SSSR count). The minimum atomic E-state index is 0.0735. The van der Waals surface area contributed by atoms with E-state index in [1.807, 2.05) is 54.3 Å². The van der Waals surface area contributed by atoms with Crippen LogP contribution in [0.1, 0.15) is 21.8 Å². The second-order valence-electron chi connectivity index (χ2n) is 7.48. The summed E-state index contributed by atoms with van der Waals surface area (Å²) in [4.78, 5) is 25.8. The van der Waals surface area contributed by atoms with Gasteiger partial charge in [-0.2, -0.15) is 4.98 Å². The van der Waals surface area contributed by atoms with Crippen molar-refractivity contribution >= 4 is 27.5 Å². The van der Waals surface area contributed by atoms with Crippen LogP contribution in [0.4, 0.5) is 0 Å². The fraction of sp³-hybridized carbons (Fsp3) is 0.273. The van der Waals surface area contributed by atoms with E-state index in [9.17, 15) is 4.79 Å². The molecule has 4 aromatic rings. The Labute approximate surface area is 178 Å². The molecule has 1 aliphatic heterocycles. The molecule has 7 nitrogen and oxygen atoms in total. The quantitative estimate of drug-likeness (QED) is 0.503. The van der Waals surface area contributed by atoms with Gasteiger partial charge in [0, 0.05) is 37.3 Å². The monoisotopic (exact) mass is 419 g/mol. The van der Waals surface area contributed by atoms with Gasteiger partial charge in [-0.1, -0.05) is 35.0 Å². The van der Waals surface area contributed by atoms with Crippen LogP contribution in [-0.4, -0.2) is 57.0 Å². The van der Waals surface area contributed by atoms with E-state index in [1.54, 1.807) is 16.8 Å². The van der Waals surface area contributed by atoms with Crippen molar-refractivity contribution in [3.63, 3.8) is 0 Å². The molecule has 0 unspecified atom stereocenters. The van der Waals surface area contributed by atoms with Crippen LogP contribution in [0, 0.1) is 6.92 Å². The molecule has 30 heavy (non-hydrogen) atoms. The van der Waals surface area contributed by atoms with Crippen molar-refractivity contribution in [1.29, 1.82) is 0 Å². The van der Waals surface area contributed by atoms with Crippen molar-refractivity contribution in [1.82, 2.24) is 24.9 Å². The topological polar surface area (TPSA) is 75.4 Å². The molecule has 0 atom stereocenters. The van der Waals surface area contributed by atoms with Crippen molar-refractivity contribution in [2.75, 3.05) is 26.2 Å². The molecule has 3 heterocycles. The first kappa shape index (κ1) is 18.9. The van der Waals surface area contributed by atoms with Gasteiger partial charge >= 0.3 is 0 Å². The Morgan fingerprint density at radius 2 is 1.90 bits per heavy atom. The third-order valence-corrected chi connectivity index (χ3v) is 6.17. The molecule has 0 radical (unpaired) electrons. The van der Waals surface area contributed by atoms with Gasteiger partial charge in [0.2, 0.25) is 11.7 Å². The molecule has 152 valence electrons. The lowest BCUT2D eigenvalue weighted by molar-refractivity contribution is 0.0615. The van der Waals surface area contributed by atoms with Crippen molar-refractivity contribution in [2.24, 2.45) is 0 Å². The zero-order valence-corrected chi connectivity index (χ0v) is 17.4. The van der Waals surface area contributed by atoms with Crippen LogP contribution in [0.15, 0.2) is 52.5 Å². The van der Waals surface area contributed by atoms with Gasteiger partial charge in [-0.05, 0) is 25.1 Å². The largest absolute Gasteiger partial charge is 0.338 e. The first-order chi connectivity index (χ1) is 14.7. The van der Waals surface area contributed by atoms with Crippen LogP contribution in [0.2, 0.25) is 0 Å². The minimum absolute atomic E-state index is 0.0735. The van der Waals surface area contributed by atoms with Crippen molar-refractivity contribution < 1.29 is 9.32 Å². The maximum absolute atomic E-state index is 12.9. The molecule has 8 heteroatoms. The molecule has 0 bridgehead atoms. The van der Waals surface area contributed by atoms with Gasteiger partial charge in [0.15, 0.2) is 0 Å². The van der Waals surface area contributed by atoms with E-state index >= 15 is 0 Å². The first-order valence-corrected chi connectivity index (χ1v) is 10.8. The molecule has 0 saturated carbocycles. The van der Waals surface area contributed by atoms with Crippen LogP contribution >= 0.6 is 11.3 Å². The maximum Gasteiger partial charge on any atom is 0.253 e. The summed E-state index contributed by atoms with van der Waals surface area (Å²) in [6.07, 6.45) is 0. The third-order valence-electron chi connectivity index (χ3n) is 5.37. The maximum atomic E-state index is 12.9. The highest BCUT2D eigenvalue weighted by atomic mass is 32.1. The van der Waals surface area contributed by atoms with Crippen molar-refractivity contribution in [3.8, 4) is 11.4 Å². The van der Waals surface area contributed by atoms with Gasteiger partial charge < -0.3 is 9.42 Å². The number of hydrogen-bond acceptors (Lipinski definition) is 7. The smallest absolute Gasteiger partial charge is 0.253 e. The van der Waals surface area contributed by atoms with Crippen molar-refractivity contribution in [3.05, 3.63) is 65.0 Å². The number of amides is 1. The lowest BCUT2D eigenvalue weighted by atomic mass is 10.1. The van der Waals surface area contributed by atoms with Gasteiger partial charge in [0.25, 0.3) is 5.91 Å². The summed E-state index contributed by atoms with van der Waals surface area (Å²) in [5.41, 5.74) is 5.61. The summed E-state index contributed by atoms with van der Waals surface area (Å²) in [5, 5.41) is 4.10. The van der Waals surface area contributed by atoms with E-state index in [1.165, 1.54) is 5.56 Å². The average Bonchev–Trinajstić information content (AvgIpc) is 3.43. The van der Waals surface area contributed by atoms with Gasteiger partial charge in [0.1, 0.15) is 0 Å². The standard InChI is InChI=1S/C22H21N5O2S/c1-15-2-4-16(5-3-15)21-24-20(29-25-21)13-26-8-10-27(11-9-26)22(28)17-6-7-18-19(12-17)30-14-23-18/h2-7,12,14H,8-11,13H2,1H3. The molecule has 1 amide bonds. The van der Waals surface area contributed by atoms with Gasteiger partial charge in [-0.25, -0.2) is 4.98 Å². The highest BCUT2D eigenvalue weighted by Crippen LogP contribution is 2.21. The Kier molecular flexibility index (Phi) is 5.02. The number of thiazole rings is 1. The van der Waals surface area contributed by atoms with E-state index in [-0.39, 0.29) is 5.91 Å². The Balaban J connectivity index is 1.19. The Hall–Kier alpha value is -3.10. The SMILES string of the molecule is Cc1ccc(-c2noc(CN3CCN(C(=O)c4ccc5ncsc5c4)CC3)n2)cc1. The van der Waals surface area contributed by atoms with E-state index in [2.05, 4.69) is 20.0 Å². The van der Waals surface area contributed by atoms with Gasteiger partial charge in [-0.15, -0.1) is 11.3 Å². The summed E-state index contributed by atoms with van der Waals surface area (Å²) < 4.78 is 6.48. The van der Waals surface area contributed by atoms with Crippen LogP contribution in [-0.2, 0) is 6.54 Å². The number of rotatable bonds is 4. The summed E-state index contributed by atoms with van der Waals surface area (Å²) in [5.74, 6) is 1.28. The zero-order valence-electron chi connectivity index (χ0n) is 16.6. The summed E-state index contributed by atoms with van der Waals surface area (Å²) >= 11 is 1.55. The average molecular weight is 420 g/mol. The van der Waals surface area contributed by atoms with Crippen LogP contribution in [0.3, 0.4) is 0 Å². The minimum Gasteiger partial charge on any atom is -0.338 e.